The van der Waals surface area contributed by atoms with Crippen molar-refractivity contribution < 1.29 is 14.2 Å². The second kappa shape index (κ2) is 2.71. The molecular formula is C11H18O3. The summed E-state index contributed by atoms with van der Waals surface area (Å²) < 4.78 is 17.5. The third-order valence-electron chi connectivity index (χ3n) is 3.77. The molecule has 5 atom stereocenters. The van der Waals surface area contributed by atoms with E-state index in [1.165, 1.54) is 12.8 Å². The minimum Gasteiger partial charge on any atom is -0.346 e. The average molecular weight is 198 g/mol. The number of hydrogen-bond donors (Lipinski definition) is 0. The normalized spacial score (nSPS) is 54.6. The van der Waals surface area contributed by atoms with Crippen molar-refractivity contribution in [3.63, 3.8) is 0 Å². The maximum atomic E-state index is 5.91. The monoisotopic (exact) mass is 198 g/mol. The van der Waals surface area contributed by atoms with Gasteiger partial charge in [0.15, 0.2) is 12.1 Å². The Labute approximate surface area is 84.7 Å². The van der Waals surface area contributed by atoms with Crippen molar-refractivity contribution in [2.75, 3.05) is 0 Å². The molecule has 3 rings (SSSR count). The van der Waals surface area contributed by atoms with Crippen LogP contribution in [-0.4, -0.2) is 24.3 Å². The summed E-state index contributed by atoms with van der Waals surface area (Å²) in [5.41, 5.74) is 0. The molecule has 0 amide bonds. The van der Waals surface area contributed by atoms with Gasteiger partial charge in [0, 0.05) is 5.92 Å². The molecule has 0 bridgehead atoms. The van der Waals surface area contributed by atoms with Crippen molar-refractivity contribution in [2.45, 2.75) is 57.9 Å². The van der Waals surface area contributed by atoms with Crippen LogP contribution in [0.5, 0.6) is 0 Å². The predicted octanol–water partition coefficient (Wildman–Crippen LogP) is 1.91. The highest BCUT2D eigenvalue weighted by molar-refractivity contribution is 4.98. The lowest BCUT2D eigenvalue weighted by atomic mass is 9.92. The van der Waals surface area contributed by atoms with Crippen molar-refractivity contribution in [1.82, 2.24) is 0 Å². The van der Waals surface area contributed by atoms with Crippen LogP contribution in [0.2, 0.25) is 0 Å². The van der Waals surface area contributed by atoms with Gasteiger partial charge in [0.1, 0.15) is 6.10 Å². The van der Waals surface area contributed by atoms with E-state index in [1.807, 2.05) is 13.8 Å². The summed E-state index contributed by atoms with van der Waals surface area (Å²) in [5.74, 6) is 0.817. The van der Waals surface area contributed by atoms with Gasteiger partial charge in [-0.15, -0.1) is 0 Å². The zero-order valence-electron chi connectivity index (χ0n) is 9.03. The van der Waals surface area contributed by atoms with Crippen LogP contribution in [0.15, 0.2) is 0 Å². The Morgan fingerprint density at radius 2 is 1.93 bits per heavy atom. The molecule has 0 spiro atoms. The van der Waals surface area contributed by atoms with E-state index in [-0.39, 0.29) is 12.4 Å². The second-order valence-electron chi connectivity index (χ2n) is 5.28. The van der Waals surface area contributed by atoms with Crippen molar-refractivity contribution in [2.24, 2.45) is 11.8 Å². The van der Waals surface area contributed by atoms with Crippen LogP contribution in [0.4, 0.5) is 0 Å². The van der Waals surface area contributed by atoms with Gasteiger partial charge in [-0.05, 0) is 32.6 Å². The topological polar surface area (TPSA) is 27.7 Å². The molecule has 14 heavy (non-hydrogen) atoms. The lowest BCUT2D eigenvalue weighted by Gasteiger charge is -2.23. The van der Waals surface area contributed by atoms with Crippen molar-refractivity contribution in [1.29, 1.82) is 0 Å². The lowest BCUT2D eigenvalue weighted by Crippen LogP contribution is -2.29. The second-order valence-corrected chi connectivity index (χ2v) is 5.28. The Morgan fingerprint density at radius 1 is 1.14 bits per heavy atom. The minimum atomic E-state index is -0.456. The molecule has 2 heterocycles. The first-order chi connectivity index (χ1) is 6.57. The zero-order valence-corrected chi connectivity index (χ0v) is 9.03. The van der Waals surface area contributed by atoms with Gasteiger partial charge in [0.25, 0.3) is 0 Å². The van der Waals surface area contributed by atoms with Crippen molar-refractivity contribution >= 4 is 0 Å². The van der Waals surface area contributed by atoms with Gasteiger partial charge in [-0.2, -0.15) is 0 Å². The van der Waals surface area contributed by atoms with Crippen LogP contribution in [0, 0.1) is 11.8 Å². The van der Waals surface area contributed by atoms with E-state index in [2.05, 4.69) is 6.92 Å². The number of hydrogen-bond acceptors (Lipinski definition) is 3. The minimum absolute atomic E-state index is 0.109. The van der Waals surface area contributed by atoms with Gasteiger partial charge < -0.3 is 14.2 Å². The van der Waals surface area contributed by atoms with E-state index in [9.17, 15) is 0 Å². The third-order valence-corrected chi connectivity index (χ3v) is 3.77. The van der Waals surface area contributed by atoms with Gasteiger partial charge >= 0.3 is 0 Å². The quantitative estimate of drug-likeness (QED) is 0.595. The van der Waals surface area contributed by atoms with E-state index in [4.69, 9.17) is 14.2 Å². The molecule has 80 valence electrons. The number of rotatable bonds is 0. The van der Waals surface area contributed by atoms with E-state index < -0.39 is 5.79 Å². The average Bonchev–Trinajstić information content (AvgIpc) is 2.61. The molecule has 1 saturated carbocycles. The van der Waals surface area contributed by atoms with Gasteiger partial charge in [-0.1, -0.05) is 6.92 Å². The smallest absolute Gasteiger partial charge is 0.187 e. The SMILES string of the molecule is C[C@H]1CC[C@H]2O[C@@H]3OC(C)(C)O[C@@H]3[C@@H]12. The van der Waals surface area contributed by atoms with Crippen LogP contribution in [0.1, 0.15) is 33.6 Å². The van der Waals surface area contributed by atoms with Crippen LogP contribution >= 0.6 is 0 Å². The first-order valence-corrected chi connectivity index (χ1v) is 5.58. The van der Waals surface area contributed by atoms with Gasteiger partial charge in [0.05, 0.1) is 6.10 Å². The van der Waals surface area contributed by atoms with Gasteiger partial charge in [0.2, 0.25) is 0 Å². The van der Waals surface area contributed by atoms with E-state index >= 15 is 0 Å². The molecule has 3 nitrogen and oxygen atoms in total. The molecule has 0 aromatic carbocycles. The van der Waals surface area contributed by atoms with E-state index in [0.717, 1.165) is 0 Å². The van der Waals surface area contributed by atoms with Crippen molar-refractivity contribution in [3.05, 3.63) is 0 Å². The molecule has 1 aliphatic carbocycles. The molecule has 0 N–H and O–H groups in total. The fraction of sp³-hybridized carbons (Fsp3) is 1.00. The first-order valence-electron chi connectivity index (χ1n) is 5.58. The Bertz CT molecular complexity index is 251. The van der Waals surface area contributed by atoms with Gasteiger partial charge in [-0.3, -0.25) is 0 Å². The molecule has 2 aliphatic heterocycles. The molecule has 3 aliphatic rings. The fourth-order valence-corrected chi connectivity index (χ4v) is 3.17. The maximum Gasteiger partial charge on any atom is 0.187 e. The summed E-state index contributed by atoms with van der Waals surface area (Å²) >= 11 is 0. The first kappa shape index (κ1) is 9.13. The number of fused-ring (bicyclic) bond motifs is 3. The Balaban J connectivity index is 1.83. The molecule has 3 fully saturated rings. The molecule has 0 unspecified atom stereocenters. The summed E-state index contributed by atoms with van der Waals surface area (Å²) in [7, 11) is 0. The lowest BCUT2D eigenvalue weighted by molar-refractivity contribution is -0.208. The van der Waals surface area contributed by atoms with Crippen LogP contribution in [0.25, 0.3) is 0 Å². The number of ether oxygens (including phenoxy) is 3. The van der Waals surface area contributed by atoms with Gasteiger partial charge in [-0.25, -0.2) is 0 Å². The highest BCUT2D eigenvalue weighted by atomic mass is 16.8. The molecule has 0 aromatic heterocycles. The maximum absolute atomic E-state index is 5.91. The van der Waals surface area contributed by atoms with Crippen LogP contribution in [0.3, 0.4) is 0 Å². The highest BCUT2D eigenvalue weighted by Gasteiger charge is 2.57. The predicted molar refractivity (Wildman–Crippen MR) is 50.6 cm³/mol. The standard InChI is InChI=1S/C11H18O3/c1-6-4-5-7-8(6)9-10(12-7)14-11(2,3)13-9/h6-10H,4-5H2,1-3H3/t6-,7+,8-,9+,10+/m0/s1. The molecule has 0 radical (unpaired) electrons. The summed E-state index contributed by atoms with van der Waals surface area (Å²) in [6.45, 7) is 6.22. The van der Waals surface area contributed by atoms with Crippen LogP contribution < -0.4 is 0 Å². The largest absolute Gasteiger partial charge is 0.346 e. The molecule has 2 saturated heterocycles. The Hall–Kier alpha value is -0.120. The third kappa shape index (κ3) is 1.16. The summed E-state index contributed by atoms with van der Waals surface area (Å²) in [6.07, 6.45) is 2.89. The summed E-state index contributed by atoms with van der Waals surface area (Å²) in [6, 6.07) is 0. The fourth-order valence-electron chi connectivity index (χ4n) is 3.17. The zero-order chi connectivity index (χ0) is 9.92. The Kier molecular flexibility index (Phi) is 1.77. The van der Waals surface area contributed by atoms with Crippen molar-refractivity contribution in [3.8, 4) is 0 Å². The van der Waals surface area contributed by atoms with Crippen LogP contribution in [-0.2, 0) is 14.2 Å². The molecule has 0 aromatic rings. The summed E-state index contributed by atoms with van der Waals surface area (Å²) in [5, 5.41) is 0. The summed E-state index contributed by atoms with van der Waals surface area (Å²) in [4.78, 5) is 0. The molecular weight excluding hydrogens is 180 g/mol. The molecule has 3 heteroatoms. The Morgan fingerprint density at radius 3 is 2.71 bits per heavy atom. The van der Waals surface area contributed by atoms with E-state index in [1.54, 1.807) is 0 Å². The van der Waals surface area contributed by atoms with E-state index in [0.29, 0.717) is 17.9 Å². The highest BCUT2D eigenvalue weighted by Crippen LogP contribution is 2.49.